The molecule has 0 bridgehead atoms. The highest BCUT2D eigenvalue weighted by atomic mass is 16.5. The molecule has 0 aliphatic rings. The van der Waals surface area contributed by atoms with Crippen molar-refractivity contribution in [2.75, 3.05) is 20.2 Å². The Morgan fingerprint density at radius 3 is 2.65 bits per heavy atom. The average molecular weight is 277 g/mol. The van der Waals surface area contributed by atoms with E-state index in [0.29, 0.717) is 25.9 Å². The van der Waals surface area contributed by atoms with E-state index in [1.807, 2.05) is 24.3 Å². The quantitative estimate of drug-likeness (QED) is 0.492. The maximum absolute atomic E-state index is 11.4. The second kappa shape index (κ2) is 9.43. The van der Waals surface area contributed by atoms with Crippen LogP contribution in [0.1, 0.15) is 12.0 Å². The van der Waals surface area contributed by atoms with Gasteiger partial charge in [0.2, 0.25) is 6.41 Å². The van der Waals surface area contributed by atoms with Crippen molar-refractivity contribution in [3.8, 4) is 5.75 Å². The normalized spacial score (nSPS) is 10.1. The Labute approximate surface area is 118 Å². The number of carbonyl (C=O) groups excluding carboxylic acids is 2. The molecule has 0 atom stereocenters. The van der Waals surface area contributed by atoms with Gasteiger partial charge in [-0.05, 0) is 30.2 Å². The smallest absolute Gasteiger partial charge is 0.318 e. The maximum Gasteiger partial charge on any atom is 0.318 e. The second-order valence-electron chi connectivity index (χ2n) is 3.93. The lowest BCUT2D eigenvalue weighted by Gasteiger charge is -2.04. The summed E-state index contributed by atoms with van der Waals surface area (Å²) in [5.74, 6) is 0.789. The number of urea groups is 1. The highest BCUT2D eigenvalue weighted by Gasteiger charge is 1.95. The summed E-state index contributed by atoms with van der Waals surface area (Å²) in [6.45, 7) is 1.05. The first kappa shape index (κ1) is 15.6. The fourth-order valence-corrected chi connectivity index (χ4v) is 1.43. The van der Waals surface area contributed by atoms with Crippen molar-refractivity contribution in [3.05, 3.63) is 36.0 Å². The largest absolute Gasteiger partial charge is 0.497 e. The Bertz CT molecular complexity index is 443. The molecule has 0 aliphatic heterocycles. The van der Waals surface area contributed by atoms with Crippen LogP contribution in [-0.4, -0.2) is 32.6 Å². The number of amides is 3. The van der Waals surface area contributed by atoms with Gasteiger partial charge in [0, 0.05) is 19.3 Å². The van der Waals surface area contributed by atoms with Crippen LogP contribution < -0.4 is 20.7 Å². The van der Waals surface area contributed by atoms with Gasteiger partial charge in [-0.3, -0.25) is 4.79 Å². The molecule has 0 saturated carbocycles. The van der Waals surface area contributed by atoms with Crippen molar-refractivity contribution in [2.24, 2.45) is 0 Å². The van der Waals surface area contributed by atoms with E-state index >= 15 is 0 Å². The molecule has 6 heteroatoms. The third-order valence-electron chi connectivity index (χ3n) is 2.47. The predicted molar refractivity (Wildman–Crippen MR) is 77.2 cm³/mol. The van der Waals surface area contributed by atoms with Crippen molar-refractivity contribution in [2.45, 2.75) is 6.42 Å². The molecule has 0 aliphatic carbocycles. The number of rotatable bonds is 8. The summed E-state index contributed by atoms with van der Waals surface area (Å²) in [5.41, 5.74) is 0.960. The standard InChI is InChI=1S/C14H19N3O3/c1-20-13-5-3-12(4-6-13)7-10-17-14(19)16-9-2-8-15-11-18/h3-7,10-11H,2,8-9H2,1H3,(H,15,18)(H2,16,17,19)/b10-7+. The summed E-state index contributed by atoms with van der Waals surface area (Å²) in [7, 11) is 1.61. The van der Waals surface area contributed by atoms with Gasteiger partial charge in [0.05, 0.1) is 7.11 Å². The van der Waals surface area contributed by atoms with Gasteiger partial charge in [0.1, 0.15) is 5.75 Å². The molecule has 0 radical (unpaired) electrons. The van der Waals surface area contributed by atoms with E-state index in [9.17, 15) is 9.59 Å². The Hall–Kier alpha value is -2.50. The predicted octanol–water partition coefficient (Wildman–Crippen LogP) is 1.10. The summed E-state index contributed by atoms with van der Waals surface area (Å²) < 4.78 is 5.05. The molecule has 3 N–H and O–H groups in total. The van der Waals surface area contributed by atoms with Gasteiger partial charge in [0.25, 0.3) is 0 Å². The zero-order valence-corrected chi connectivity index (χ0v) is 11.4. The molecule has 0 unspecified atom stereocenters. The molecule has 0 heterocycles. The van der Waals surface area contributed by atoms with E-state index in [2.05, 4.69) is 16.0 Å². The first-order chi connectivity index (χ1) is 9.76. The van der Waals surface area contributed by atoms with Crippen LogP contribution in [0.4, 0.5) is 4.79 Å². The molecule has 0 fully saturated rings. The minimum absolute atomic E-state index is 0.277. The maximum atomic E-state index is 11.4. The minimum Gasteiger partial charge on any atom is -0.497 e. The van der Waals surface area contributed by atoms with Crippen molar-refractivity contribution in [1.29, 1.82) is 0 Å². The monoisotopic (exact) mass is 277 g/mol. The first-order valence-corrected chi connectivity index (χ1v) is 6.28. The molecule has 3 amide bonds. The highest BCUT2D eigenvalue weighted by molar-refractivity contribution is 5.75. The Balaban J connectivity index is 2.22. The lowest BCUT2D eigenvalue weighted by molar-refractivity contribution is -0.109. The molecule has 6 nitrogen and oxygen atoms in total. The van der Waals surface area contributed by atoms with Gasteiger partial charge in [-0.25, -0.2) is 4.79 Å². The number of benzene rings is 1. The number of nitrogens with one attached hydrogen (secondary N) is 3. The molecular weight excluding hydrogens is 258 g/mol. The van der Waals surface area contributed by atoms with E-state index in [4.69, 9.17) is 4.74 Å². The van der Waals surface area contributed by atoms with Gasteiger partial charge in [-0.2, -0.15) is 0 Å². The summed E-state index contributed by atoms with van der Waals surface area (Å²) in [6, 6.07) is 7.19. The fourth-order valence-electron chi connectivity index (χ4n) is 1.43. The molecule has 20 heavy (non-hydrogen) atoms. The van der Waals surface area contributed by atoms with Crippen LogP contribution in [0.25, 0.3) is 6.08 Å². The van der Waals surface area contributed by atoms with Gasteiger partial charge in [0.15, 0.2) is 0 Å². The van der Waals surface area contributed by atoms with Crippen molar-refractivity contribution < 1.29 is 14.3 Å². The molecule has 1 aromatic carbocycles. The van der Waals surface area contributed by atoms with Crippen molar-refractivity contribution in [3.63, 3.8) is 0 Å². The third kappa shape index (κ3) is 6.44. The molecule has 1 aromatic rings. The van der Waals surface area contributed by atoms with E-state index in [1.165, 1.54) is 0 Å². The average Bonchev–Trinajstić information content (AvgIpc) is 2.48. The van der Waals surface area contributed by atoms with Gasteiger partial charge in [-0.1, -0.05) is 12.1 Å². The summed E-state index contributed by atoms with van der Waals surface area (Å²) in [4.78, 5) is 21.4. The highest BCUT2D eigenvalue weighted by Crippen LogP contribution is 2.11. The van der Waals surface area contributed by atoms with Crippen molar-refractivity contribution >= 4 is 18.5 Å². The molecular formula is C14H19N3O3. The van der Waals surface area contributed by atoms with Crippen LogP contribution in [0.5, 0.6) is 5.75 Å². The van der Waals surface area contributed by atoms with E-state index in [-0.39, 0.29) is 6.03 Å². The number of carbonyl (C=O) groups is 2. The fraction of sp³-hybridized carbons (Fsp3) is 0.286. The summed E-state index contributed by atoms with van der Waals surface area (Å²) in [6.07, 6.45) is 4.68. The van der Waals surface area contributed by atoms with Crippen LogP contribution in [0.2, 0.25) is 0 Å². The molecule has 0 saturated heterocycles. The summed E-state index contributed by atoms with van der Waals surface area (Å²) >= 11 is 0. The topological polar surface area (TPSA) is 79.5 Å². The van der Waals surface area contributed by atoms with Crippen LogP contribution in [-0.2, 0) is 4.79 Å². The zero-order chi connectivity index (χ0) is 14.6. The lowest BCUT2D eigenvalue weighted by atomic mass is 10.2. The van der Waals surface area contributed by atoms with Gasteiger partial charge >= 0.3 is 6.03 Å². The van der Waals surface area contributed by atoms with Crippen LogP contribution in [0, 0.1) is 0 Å². The van der Waals surface area contributed by atoms with Crippen molar-refractivity contribution in [1.82, 2.24) is 16.0 Å². The Kier molecular flexibility index (Phi) is 7.34. The van der Waals surface area contributed by atoms with Crippen LogP contribution >= 0.6 is 0 Å². The molecule has 0 aromatic heterocycles. The minimum atomic E-state index is -0.277. The van der Waals surface area contributed by atoms with Gasteiger partial charge in [-0.15, -0.1) is 0 Å². The number of hydrogen-bond donors (Lipinski definition) is 3. The second-order valence-corrected chi connectivity index (χ2v) is 3.93. The van der Waals surface area contributed by atoms with Crippen LogP contribution in [0.15, 0.2) is 30.5 Å². The van der Waals surface area contributed by atoms with Gasteiger partial charge < -0.3 is 20.7 Å². The first-order valence-electron chi connectivity index (χ1n) is 6.28. The number of methoxy groups -OCH3 is 1. The number of hydrogen-bond acceptors (Lipinski definition) is 3. The molecule has 108 valence electrons. The van der Waals surface area contributed by atoms with E-state index in [0.717, 1.165) is 11.3 Å². The lowest BCUT2D eigenvalue weighted by Crippen LogP contribution is -2.33. The Morgan fingerprint density at radius 2 is 2.00 bits per heavy atom. The SMILES string of the molecule is COc1ccc(/C=C/NC(=O)NCCCNC=O)cc1. The molecule has 0 spiro atoms. The number of ether oxygens (including phenoxy) is 1. The zero-order valence-electron chi connectivity index (χ0n) is 11.4. The van der Waals surface area contributed by atoms with Crippen LogP contribution in [0.3, 0.4) is 0 Å². The Morgan fingerprint density at radius 1 is 1.25 bits per heavy atom. The molecule has 1 rings (SSSR count). The third-order valence-corrected chi connectivity index (χ3v) is 2.47. The summed E-state index contributed by atoms with van der Waals surface area (Å²) in [5, 5.41) is 7.79. The van der Waals surface area contributed by atoms with E-state index < -0.39 is 0 Å². The van der Waals surface area contributed by atoms with E-state index in [1.54, 1.807) is 19.4 Å².